The predicted molar refractivity (Wildman–Crippen MR) is 121 cm³/mol. The number of β-amino-alcohol motifs (C(OH)–C–C–N with tert-alkyl or cyclic N) is 1. The number of aliphatic hydroxyl groups excluding tert-OH is 1. The lowest BCUT2D eigenvalue weighted by molar-refractivity contribution is -0.144. The van der Waals surface area contributed by atoms with Crippen LogP contribution in [0.2, 0.25) is 0 Å². The van der Waals surface area contributed by atoms with Gasteiger partial charge >= 0.3 is 0 Å². The van der Waals surface area contributed by atoms with Crippen LogP contribution in [0.25, 0.3) is 0 Å². The zero-order valence-corrected chi connectivity index (χ0v) is 20.3. The summed E-state index contributed by atoms with van der Waals surface area (Å²) in [6.45, 7) is 8.19. The summed E-state index contributed by atoms with van der Waals surface area (Å²) in [6.07, 6.45) is 5.69. The highest BCUT2D eigenvalue weighted by molar-refractivity contribution is 5.90. The standard InChI is InChI=1S/C23H34N8O3/c1-13-25-27-19(31(13)15-7-8-15)10-24-21(33)18-9-16(32)11-29(18)22(34)20(23(2,3)4)30-12-17(26-28-30)14-5-6-14/h12,14-16,18,20,32H,5-11H2,1-4H3,(H,24,33)/t16-,18+,20-/m1/s1. The van der Waals surface area contributed by atoms with E-state index in [-0.39, 0.29) is 31.3 Å². The van der Waals surface area contributed by atoms with E-state index in [2.05, 4.69) is 30.4 Å². The van der Waals surface area contributed by atoms with Crippen molar-refractivity contribution in [3.63, 3.8) is 0 Å². The number of nitrogens with one attached hydrogen (secondary N) is 1. The molecule has 2 amide bonds. The first kappa shape index (κ1) is 22.9. The highest BCUT2D eigenvalue weighted by Crippen LogP contribution is 2.40. The second-order valence-electron chi connectivity index (χ2n) is 11.0. The topological polar surface area (TPSA) is 131 Å². The predicted octanol–water partition coefficient (Wildman–Crippen LogP) is 1.26. The molecule has 5 rings (SSSR count). The second kappa shape index (κ2) is 8.44. The van der Waals surface area contributed by atoms with Gasteiger partial charge in [0.1, 0.15) is 17.9 Å². The Kier molecular flexibility index (Phi) is 5.70. The molecule has 0 spiro atoms. The van der Waals surface area contributed by atoms with Gasteiger partial charge in [-0.2, -0.15) is 0 Å². The van der Waals surface area contributed by atoms with Gasteiger partial charge in [0.15, 0.2) is 5.82 Å². The van der Waals surface area contributed by atoms with Crippen molar-refractivity contribution in [3.05, 3.63) is 23.5 Å². The lowest BCUT2D eigenvalue weighted by Crippen LogP contribution is -2.50. The maximum atomic E-state index is 13.8. The molecule has 3 aliphatic rings. The van der Waals surface area contributed by atoms with E-state index in [0.717, 1.165) is 37.2 Å². The lowest BCUT2D eigenvalue weighted by atomic mass is 9.85. The molecule has 3 atom stereocenters. The van der Waals surface area contributed by atoms with Gasteiger partial charge < -0.3 is 19.9 Å². The largest absolute Gasteiger partial charge is 0.391 e. The van der Waals surface area contributed by atoms with Crippen LogP contribution in [-0.2, 0) is 16.1 Å². The Hall–Kier alpha value is -2.82. The van der Waals surface area contributed by atoms with Crippen molar-refractivity contribution in [2.24, 2.45) is 5.41 Å². The molecule has 2 aromatic heterocycles. The molecule has 0 unspecified atom stereocenters. The first-order valence-corrected chi connectivity index (χ1v) is 12.2. The Morgan fingerprint density at radius 1 is 1.18 bits per heavy atom. The van der Waals surface area contributed by atoms with E-state index in [4.69, 9.17) is 0 Å². The van der Waals surface area contributed by atoms with Crippen LogP contribution in [0.3, 0.4) is 0 Å². The summed E-state index contributed by atoms with van der Waals surface area (Å²) in [5, 5.41) is 30.2. The van der Waals surface area contributed by atoms with Crippen LogP contribution in [0.5, 0.6) is 0 Å². The number of aromatic nitrogens is 6. The number of aryl methyl sites for hydroxylation is 1. The summed E-state index contributed by atoms with van der Waals surface area (Å²) >= 11 is 0. The van der Waals surface area contributed by atoms with E-state index in [1.54, 1.807) is 4.68 Å². The number of hydrogen-bond acceptors (Lipinski definition) is 7. The van der Waals surface area contributed by atoms with E-state index in [1.807, 2.05) is 33.9 Å². The molecule has 3 heterocycles. The number of carbonyl (C=O) groups is 2. The zero-order chi connectivity index (χ0) is 24.2. The van der Waals surface area contributed by atoms with Gasteiger partial charge in [-0.3, -0.25) is 9.59 Å². The molecule has 0 aromatic carbocycles. The second-order valence-corrected chi connectivity index (χ2v) is 11.0. The Morgan fingerprint density at radius 3 is 2.56 bits per heavy atom. The van der Waals surface area contributed by atoms with E-state index >= 15 is 0 Å². The number of aliphatic hydroxyl groups is 1. The maximum Gasteiger partial charge on any atom is 0.248 e. The number of hydrogen-bond donors (Lipinski definition) is 2. The van der Waals surface area contributed by atoms with Crippen molar-refractivity contribution < 1.29 is 14.7 Å². The van der Waals surface area contributed by atoms with Crippen LogP contribution in [0.1, 0.15) is 88.2 Å². The average Bonchev–Trinajstić information content (AvgIpc) is 3.68. The number of amides is 2. The quantitative estimate of drug-likeness (QED) is 0.623. The molecule has 2 N–H and O–H groups in total. The molecule has 2 aliphatic carbocycles. The fourth-order valence-corrected chi connectivity index (χ4v) is 4.95. The zero-order valence-electron chi connectivity index (χ0n) is 20.3. The van der Waals surface area contributed by atoms with E-state index < -0.39 is 23.6 Å². The van der Waals surface area contributed by atoms with E-state index in [9.17, 15) is 14.7 Å². The first-order chi connectivity index (χ1) is 16.1. The number of likely N-dealkylation sites (tertiary alicyclic amines) is 1. The third kappa shape index (κ3) is 4.45. The molecule has 2 saturated carbocycles. The van der Waals surface area contributed by atoms with Crippen LogP contribution in [0, 0.1) is 12.3 Å². The van der Waals surface area contributed by atoms with Crippen molar-refractivity contribution >= 4 is 11.8 Å². The van der Waals surface area contributed by atoms with Crippen molar-refractivity contribution in [2.75, 3.05) is 6.54 Å². The number of nitrogens with zero attached hydrogens (tertiary/aromatic N) is 7. The van der Waals surface area contributed by atoms with Gasteiger partial charge in [0.05, 0.1) is 18.3 Å². The summed E-state index contributed by atoms with van der Waals surface area (Å²) in [5.74, 6) is 1.46. The minimum Gasteiger partial charge on any atom is -0.391 e. The molecule has 11 nitrogen and oxygen atoms in total. The Morgan fingerprint density at radius 2 is 1.91 bits per heavy atom. The molecule has 0 bridgehead atoms. The van der Waals surface area contributed by atoms with Crippen LogP contribution in [0.15, 0.2) is 6.20 Å². The van der Waals surface area contributed by atoms with Gasteiger partial charge in [-0.05, 0) is 38.0 Å². The minimum absolute atomic E-state index is 0.116. The van der Waals surface area contributed by atoms with Gasteiger partial charge in [-0.15, -0.1) is 15.3 Å². The summed E-state index contributed by atoms with van der Waals surface area (Å²) in [6, 6.07) is -0.977. The van der Waals surface area contributed by atoms with Gasteiger partial charge in [0.25, 0.3) is 0 Å². The third-order valence-electron chi connectivity index (χ3n) is 6.98. The number of carbonyl (C=O) groups excluding carboxylic acids is 2. The van der Waals surface area contributed by atoms with Gasteiger partial charge in [0, 0.05) is 31.1 Å². The Bertz CT molecular complexity index is 1080. The summed E-state index contributed by atoms with van der Waals surface area (Å²) in [4.78, 5) is 28.5. The summed E-state index contributed by atoms with van der Waals surface area (Å²) < 4.78 is 3.71. The molecule has 34 heavy (non-hydrogen) atoms. The van der Waals surface area contributed by atoms with Crippen LogP contribution < -0.4 is 5.32 Å². The maximum absolute atomic E-state index is 13.8. The summed E-state index contributed by atoms with van der Waals surface area (Å²) in [5.41, 5.74) is 0.450. The normalized spacial score (nSPS) is 23.9. The average molecular weight is 471 g/mol. The molecule has 11 heteroatoms. The van der Waals surface area contributed by atoms with Crippen molar-refractivity contribution in [1.82, 2.24) is 40.0 Å². The van der Waals surface area contributed by atoms with Crippen LogP contribution in [0.4, 0.5) is 0 Å². The van der Waals surface area contributed by atoms with Gasteiger partial charge in [-0.1, -0.05) is 26.0 Å². The molecule has 3 fully saturated rings. The molecule has 184 valence electrons. The fourth-order valence-electron chi connectivity index (χ4n) is 4.95. The fraction of sp³-hybridized carbons (Fsp3) is 0.739. The highest BCUT2D eigenvalue weighted by atomic mass is 16.3. The Labute approximate surface area is 198 Å². The van der Waals surface area contributed by atoms with Crippen molar-refractivity contribution in [2.45, 2.75) is 96.5 Å². The smallest absolute Gasteiger partial charge is 0.248 e. The van der Waals surface area contributed by atoms with Crippen molar-refractivity contribution in [3.8, 4) is 0 Å². The van der Waals surface area contributed by atoms with Crippen LogP contribution in [-0.4, -0.2) is 70.3 Å². The SMILES string of the molecule is Cc1nnc(CNC(=O)[C@@H]2C[C@@H](O)CN2C(=O)[C@@H](n2cc(C3CC3)nn2)C(C)(C)C)n1C1CC1. The first-order valence-electron chi connectivity index (χ1n) is 12.2. The molecule has 2 aromatic rings. The third-order valence-corrected chi connectivity index (χ3v) is 6.98. The molecule has 1 saturated heterocycles. The van der Waals surface area contributed by atoms with Gasteiger partial charge in [-0.25, -0.2) is 4.68 Å². The van der Waals surface area contributed by atoms with Crippen LogP contribution >= 0.6 is 0 Å². The Balaban J connectivity index is 1.32. The van der Waals surface area contributed by atoms with E-state index in [0.29, 0.717) is 17.8 Å². The molecular weight excluding hydrogens is 436 g/mol. The number of rotatable bonds is 7. The molecule has 0 radical (unpaired) electrons. The molecule has 1 aliphatic heterocycles. The van der Waals surface area contributed by atoms with Gasteiger partial charge in [0.2, 0.25) is 11.8 Å². The lowest BCUT2D eigenvalue weighted by Gasteiger charge is -2.34. The van der Waals surface area contributed by atoms with Crippen molar-refractivity contribution in [1.29, 1.82) is 0 Å². The monoisotopic (exact) mass is 470 g/mol. The summed E-state index contributed by atoms with van der Waals surface area (Å²) in [7, 11) is 0. The molecular formula is C23H34N8O3. The minimum atomic E-state index is -0.754. The van der Waals surface area contributed by atoms with E-state index in [1.165, 1.54) is 4.90 Å². The highest BCUT2D eigenvalue weighted by Gasteiger charge is 2.45.